The number of carbonyl (C=O) groups is 2. The maximum atomic E-state index is 11.5. The fourth-order valence-corrected chi connectivity index (χ4v) is 1.70. The molecule has 0 radical (unpaired) electrons. The first-order chi connectivity index (χ1) is 9.63. The molecule has 1 unspecified atom stereocenters. The molecule has 0 saturated heterocycles. The minimum absolute atomic E-state index is 0.0697. The largest absolute Gasteiger partial charge is 0.462 e. The van der Waals surface area contributed by atoms with Crippen LogP contribution in [0.3, 0.4) is 0 Å². The van der Waals surface area contributed by atoms with Gasteiger partial charge in [0, 0.05) is 12.8 Å². The number of aliphatic hydroxyl groups is 1. The Kier molecular flexibility index (Phi) is 12.2. The van der Waals surface area contributed by atoms with Gasteiger partial charge in [0.1, 0.15) is 6.61 Å². The molecule has 1 N–H and O–H groups in total. The monoisotopic (exact) mass is 288 g/mol. The summed E-state index contributed by atoms with van der Waals surface area (Å²) in [6.07, 6.45) is 5.97. The summed E-state index contributed by atoms with van der Waals surface area (Å²) in [6, 6.07) is 0. The van der Waals surface area contributed by atoms with Gasteiger partial charge in [0.25, 0.3) is 0 Å². The highest BCUT2D eigenvalue weighted by Crippen LogP contribution is 2.06. The van der Waals surface area contributed by atoms with Crippen molar-refractivity contribution in [2.75, 3.05) is 13.2 Å². The molecule has 0 rings (SSSR count). The Bertz CT molecular complexity index is 265. The first kappa shape index (κ1) is 18.9. The SMILES string of the molecule is CCCCCCCC(=O)OCC(CO)OC(=O)CCC. The van der Waals surface area contributed by atoms with Crippen LogP contribution in [-0.2, 0) is 19.1 Å². The third-order valence-electron chi connectivity index (χ3n) is 2.87. The number of hydrogen-bond donors (Lipinski definition) is 1. The third kappa shape index (κ3) is 10.8. The molecule has 0 heterocycles. The van der Waals surface area contributed by atoms with Gasteiger partial charge in [0.05, 0.1) is 6.61 Å². The fourth-order valence-electron chi connectivity index (χ4n) is 1.70. The molecular formula is C15H28O5. The normalized spacial score (nSPS) is 11.9. The van der Waals surface area contributed by atoms with E-state index in [9.17, 15) is 9.59 Å². The molecule has 0 spiro atoms. The molecule has 20 heavy (non-hydrogen) atoms. The van der Waals surface area contributed by atoms with Gasteiger partial charge in [-0.15, -0.1) is 0 Å². The van der Waals surface area contributed by atoms with E-state index < -0.39 is 6.10 Å². The summed E-state index contributed by atoms with van der Waals surface area (Å²) >= 11 is 0. The van der Waals surface area contributed by atoms with Crippen molar-refractivity contribution in [3.63, 3.8) is 0 Å². The molecule has 0 aromatic heterocycles. The average Bonchev–Trinajstić information content (AvgIpc) is 2.43. The number of hydrogen-bond acceptors (Lipinski definition) is 5. The zero-order valence-electron chi connectivity index (χ0n) is 12.7. The third-order valence-corrected chi connectivity index (χ3v) is 2.87. The van der Waals surface area contributed by atoms with E-state index in [-0.39, 0.29) is 25.2 Å². The lowest BCUT2D eigenvalue weighted by molar-refractivity contribution is -0.161. The van der Waals surface area contributed by atoms with Crippen LogP contribution < -0.4 is 0 Å². The van der Waals surface area contributed by atoms with Crippen molar-refractivity contribution in [1.82, 2.24) is 0 Å². The summed E-state index contributed by atoms with van der Waals surface area (Å²) in [5, 5.41) is 9.06. The van der Waals surface area contributed by atoms with Gasteiger partial charge in [-0.1, -0.05) is 39.5 Å². The average molecular weight is 288 g/mol. The molecule has 0 aliphatic heterocycles. The van der Waals surface area contributed by atoms with Gasteiger partial charge < -0.3 is 14.6 Å². The number of unbranched alkanes of at least 4 members (excludes halogenated alkanes) is 4. The lowest BCUT2D eigenvalue weighted by atomic mass is 10.1. The summed E-state index contributed by atoms with van der Waals surface area (Å²) in [6.45, 7) is 3.61. The van der Waals surface area contributed by atoms with E-state index in [2.05, 4.69) is 6.92 Å². The number of ether oxygens (including phenoxy) is 2. The maximum Gasteiger partial charge on any atom is 0.306 e. The van der Waals surface area contributed by atoms with Crippen molar-refractivity contribution in [3.05, 3.63) is 0 Å². The van der Waals surface area contributed by atoms with E-state index in [1.807, 2.05) is 6.92 Å². The van der Waals surface area contributed by atoms with Gasteiger partial charge in [0.2, 0.25) is 0 Å². The van der Waals surface area contributed by atoms with Crippen LogP contribution in [0.1, 0.15) is 65.2 Å². The minimum atomic E-state index is -0.752. The van der Waals surface area contributed by atoms with Crippen molar-refractivity contribution in [1.29, 1.82) is 0 Å². The summed E-state index contributed by atoms with van der Waals surface area (Å²) in [5.74, 6) is -0.673. The zero-order valence-corrected chi connectivity index (χ0v) is 12.7. The zero-order chi connectivity index (χ0) is 15.2. The smallest absolute Gasteiger partial charge is 0.306 e. The highest BCUT2D eigenvalue weighted by Gasteiger charge is 2.15. The predicted octanol–water partition coefficient (Wildman–Crippen LogP) is 2.59. The quantitative estimate of drug-likeness (QED) is 0.441. The van der Waals surface area contributed by atoms with E-state index in [1.54, 1.807) is 0 Å². The lowest BCUT2D eigenvalue weighted by Gasteiger charge is -2.15. The molecule has 118 valence electrons. The van der Waals surface area contributed by atoms with Crippen LogP contribution in [0.25, 0.3) is 0 Å². The Labute approximate surface area is 121 Å². The van der Waals surface area contributed by atoms with Crippen LogP contribution >= 0.6 is 0 Å². The molecule has 5 nitrogen and oxygen atoms in total. The summed E-state index contributed by atoms with van der Waals surface area (Å²) in [7, 11) is 0. The van der Waals surface area contributed by atoms with E-state index in [4.69, 9.17) is 14.6 Å². The van der Waals surface area contributed by atoms with Crippen LogP contribution in [0.5, 0.6) is 0 Å². The predicted molar refractivity (Wildman–Crippen MR) is 76.2 cm³/mol. The van der Waals surface area contributed by atoms with Crippen molar-refractivity contribution < 1.29 is 24.2 Å². The molecule has 0 aliphatic carbocycles. The minimum Gasteiger partial charge on any atom is -0.462 e. The van der Waals surface area contributed by atoms with Gasteiger partial charge in [-0.3, -0.25) is 9.59 Å². The Balaban J connectivity index is 3.70. The molecule has 0 aromatic carbocycles. The van der Waals surface area contributed by atoms with E-state index in [0.29, 0.717) is 19.3 Å². The van der Waals surface area contributed by atoms with Crippen LogP contribution in [0.15, 0.2) is 0 Å². The Morgan fingerprint density at radius 2 is 1.65 bits per heavy atom. The lowest BCUT2D eigenvalue weighted by Crippen LogP contribution is -2.28. The summed E-state index contributed by atoms with van der Waals surface area (Å²) in [4.78, 5) is 22.7. The van der Waals surface area contributed by atoms with Gasteiger partial charge in [-0.05, 0) is 12.8 Å². The summed E-state index contributed by atoms with van der Waals surface area (Å²) < 4.78 is 9.99. The number of aliphatic hydroxyl groups excluding tert-OH is 1. The second-order valence-electron chi connectivity index (χ2n) is 4.89. The molecule has 0 bridgehead atoms. The van der Waals surface area contributed by atoms with Crippen molar-refractivity contribution in [2.45, 2.75) is 71.3 Å². The van der Waals surface area contributed by atoms with Gasteiger partial charge in [0.15, 0.2) is 6.10 Å². The van der Waals surface area contributed by atoms with E-state index in [1.165, 1.54) is 12.8 Å². The number of carbonyl (C=O) groups excluding carboxylic acids is 2. The van der Waals surface area contributed by atoms with Crippen LogP contribution in [0, 0.1) is 0 Å². The second kappa shape index (κ2) is 12.9. The Morgan fingerprint density at radius 3 is 2.25 bits per heavy atom. The first-order valence-corrected chi connectivity index (χ1v) is 7.59. The van der Waals surface area contributed by atoms with Crippen molar-refractivity contribution >= 4 is 11.9 Å². The molecule has 0 fully saturated rings. The van der Waals surface area contributed by atoms with Gasteiger partial charge >= 0.3 is 11.9 Å². The maximum absolute atomic E-state index is 11.5. The number of esters is 2. The Morgan fingerprint density at radius 1 is 0.950 bits per heavy atom. The van der Waals surface area contributed by atoms with Crippen LogP contribution in [0.4, 0.5) is 0 Å². The summed E-state index contributed by atoms with van der Waals surface area (Å²) in [5.41, 5.74) is 0. The van der Waals surface area contributed by atoms with E-state index >= 15 is 0 Å². The number of rotatable bonds is 12. The highest BCUT2D eigenvalue weighted by molar-refractivity contribution is 5.70. The first-order valence-electron chi connectivity index (χ1n) is 7.59. The van der Waals surface area contributed by atoms with Crippen molar-refractivity contribution in [3.8, 4) is 0 Å². The Hall–Kier alpha value is -1.10. The molecule has 1 atom stereocenters. The van der Waals surface area contributed by atoms with Gasteiger partial charge in [-0.2, -0.15) is 0 Å². The fraction of sp³-hybridized carbons (Fsp3) is 0.867. The van der Waals surface area contributed by atoms with Gasteiger partial charge in [-0.25, -0.2) is 0 Å². The molecule has 0 aromatic rings. The molecular weight excluding hydrogens is 260 g/mol. The molecule has 0 amide bonds. The standard InChI is InChI=1S/C15H28O5/c1-3-5-6-7-8-10-14(17)19-12-13(11-16)20-15(18)9-4-2/h13,16H,3-12H2,1-2H3. The highest BCUT2D eigenvalue weighted by atomic mass is 16.6. The van der Waals surface area contributed by atoms with E-state index in [0.717, 1.165) is 19.3 Å². The second-order valence-corrected chi connectivity index (χ2v) is 4.89. The van der Waals surface area contributed by atoms with Crippen LogP contribution in [-0.4, -0.2) is 36.4 Å². The van der Waals surface area contributed by atoms with Crippen molar-refractivity contribution in [2.24, 2.45) is 0 Å². The van der Waals surface area contributed by atoms with Crippen LogP contribution in [0.2, 0.25) is 0 Å². The topological polar surface area (TPSA) is 72.8 Å². The molecule has 0 saturated carbocycles. The molecule has 0 aliphatic rings. The molecule has 5 heteroatoms.